The van der Waals surface area contributed by atoms with Crippen LogP contribution in [-0.4, -0.2) is 31.4 Å². The molecule has 1 aliphatic rings. The van der Waals surface area contributed by atoms with Crippen LogP contribution in [0.1, 0.15) is 23.6 Å². The summed E-state index contributed by atoms with van der Waals surface area (Å²) in [5.74, 6) is 0.105. The first-order chi connectivity index (χ1) is 7.72. The van der Waals surface area contributed by atoms with Crippen LogP contribution >= 0.6 is 0 Å². The molecule has 3 nitrogen and oxygen atoms in total. The van der Waals surface area contributed by atoms with Crippen molar-refractivity contribution in [3.8, 4) is 0 Å². The Bertz CT molecular complexity index is 389. The molecule has 1 heterocycles. The van der Waals surface area contributed by atoms with E-state index in [1.165, 1.54) is 11.1 Å². The van der Waals surface area contributed by atoms with E-state index in [2.05, 4.69) is 41.5 Å². The normalized spacial score (nSPS) is 20.2. The first-order valence-corrected chi connectivity index (χ1v) is 5.71. The second-order valence-corrected chi connectivity index (χ2v) is 4.32. The molecular weight excluding hydrogens is 200 g/mol. The Balaban J connectivity index is 2.26. The summed E-state index contributed by atoms with van der Waals surface area (Å²) in [6, 6.07) is 8.65. The monoisotopic (exact) mass is 218 g/mol. The number of hydrogen-bond acceptors (Lipinski definition) is 2. The molecule has 1 N–H and O–H groups in total. The van der Waals surface area contributed by atoms with Crippen LogP contribution in [0.3, 0.4) is 0 Å². The highest BCUT2D eigenvalue weighted by Crippen LogP contribution is 2.30. The molecule has 0 unspecified atom stereocenters. The lowest BCUT2D eigenvalue weighted by molar-refractivity contribution is -0.121. The van der Waals surface area contributed by atoms with Gasteiger partial charge in [0.25, 0.3) is 0 Å². The predicted molar refractivity (Wildman–Crippen MR) is 64.2 cm³/mol. The molecule has 0 saturated heterocycles. The maximum atomic E-state index is 11.5. The standard InChI is InChI=1S/C13H18N2O/c1-14-13(16)9-12-11-6-4-3-5-10(11)7-8-15(12)2/h3-6,12H,7-9H2,1-2H3,(H,14,16)/t12-/m1/s1. The minimum atomic E-state index is 0.105. The molecule has 1 aromatic carbocycles. The SMILES string of the molecule is CNC(=O)C[C@@H]1c2ccccc2CCN1C. The summed E-state index contributed by atoms with van der Waals surface area (Å²) in [7, 11) is 3.78. The van der Waals surface area contributed by atoms with E-state index < -0.39 is 0 Å². The summed E-state index contributed by atoms with van der Waals surface area (Å²) in [5, 5.41) is 2.70. The fraction of sp³-hybridized carbons (Fsp3) is 0.462. The highest BCUT2D eigenvalue weighted by molar-refractivity contribution is 5.76. The average Bonchev–Trinajstić information content (AvgIpc) is 2.32. The minimum absolute atomic E-state index is 0.105. The van der Waals surface area contributed by atoms with Crippen molar-refractivity contribution in [1.82, 2.24) is 10.2 Å². The highest BCUT2D eigenvalue weighted by atomic mass is 16.1. The molecule has 2 rings (SSSR count). The number of nitrogens with one attached hydrogen (secondary N) is 1. The number of nitrogens with zero attached hydrogens (tertiary/aromatic N) is 1. The molecule has 0 bridgehead atoms. The average molecular weight is 218 g/mol. The van der Waals surface area contributed by atoms with E-state index in [4.69, 9.17) is 0 Å². The van der Waals surface area contributed by atoms with Gasteiger partial charge in [0.15, 0.2) is 0 Å². The van der Waals surface area contributed by atoms with Crippen molar-refractivity contribution < 1.29 is 4.79 Å². The molecule has 0 fully saturated rings. The van der Waals surface area contributed by atoms with Gasteiger partial charge in [0.2, 0.25) is 5.91 Å². The largest absolute Gasteiger partial charge is 0.359 e. The second-order valence-electron chi connectivity index (χ2n) is 4.32. The van der Waals surface area contributed by atoms with Gasteiger partial charge in [0.05, 0.1) is 0 Å². The van der Waals surface area contributed by atoms with Crippen molar-refractivity contribution in [2.45, 2.75) is 18.9 Å². The van der Waals surface area contributed by atoms with Gasteiger partial charge in [-0.2, -0.15) is 0 Å². The van der Waals surface area contributed by atoms with Gasteiger partial charge in [-0.15, -0.1) is 0 Å². The van der Waals surface area contributed by atoms with Crippen LogP contribution in [0, 0.1) is 0 Å². The van der Waals surface area contributed by atoms with E-state index in [0.29, 0.717) is 6.42 Å². The number of fused-ring (bicyclic) bond motifs is 1. The number of carbonyl (C=O) groups is 1. The van der Waals surface area contributed by atoms with E-state index in [-0.39, 0.29) is 11.9 Å². The molecular formula is C13H18N2O. The molecule has 1 amide bonds. The van der Waals surface area contributed by atoms with Crippen LogP contribution < -0.4 is 5.32 Å². The van der Waals surface area contributed by atoms with Crippen LogP contribution in [0.15, 0.2) is 24.3 Å². The zero-order valence-corrected chi connectivity index (χ0v) is 9.86. The second kappa shape index (κ2) is 4.66. The van der Waals surface area contributed by atoms with Crippen LogP contribution in [0.4, 0.5) is 0 Å². The third-order valence-corrected chi connectivity index (χ3v) is 3.34. The molecule has 0 aromatic heterocycles. The van der Waals surface area contributed by atoms with E-state index in [9.17, 15) is 4.79 Å². The molecule has 86 valence electrons. The molecule has 1 aliphatic heterocycles. The smallest absolute Gasteiger partial charge is 0.221 e. The third kappa shape index (κ3) is 2.09. The van der Waals surface area contributed by atoms with E-state index in [1.54, 1.807) is 7.05 Å². The highest BCUT2D eigenvalue weighted by Gasteiger charge is 2.25. The van der Waals surface area contributed by atoms with Gasteiger partial charge in [-0.3, -0.25) is 9.69 Å². The Morgan fingerprint density at radius 1 is 1.50 bits per heavy atom. The summed E-state index contributed by atoms with van der Waals surface area (Å²) in [6.45, 7) is 1.03. The number of amides is 1. The van der Waals surface area contributed by atoms with Crippen molar-refractivity contribution in [1.29, 1.82) is 0 Å². The summed E-state index contributed by atoms with van der Waals surface area (Å²) < 4.78 is 0. The number of carbonyl (C=O) groups excluding carboxylic acids is 1. The van der Waals surface area contributed by atoms with Crippen molar-refractivity contribution in [2.24, 2.45) is 0 Å². The van der Waals surface area contributed by atoms with Crippen LogP contribution in [-0.2, 0) is 11.2 Å². The van der Waals surface area contributed by atoms with Crippen molar-refractivity contribution in [2.75, 3.05) is 20.6 Å². The first-order valence-electron chi connectivity index (χ1n) is 5.71. The Morgan fingerprint density at radius 2 is 2.25 bits per heavy atom. The summed E-state index contributed by atoms with van der Waals surface area (Å²) >= 11 is 0. The third-order valence-electron chi connectivity index (χ3n) is 3.34. The lowest BCUT2D eigenvalue weighted by atomic mass is 9.91. The lowest BCUT2D eigenvalue weighted by Crippen LogP contribution is -2.35. The van der Waals surface area contributed by atoms with Gasteiger partial charge in [-0.25, -0.2) is 0 Å². The predicted octanol–water partition coefficient (Wildman–Crippen LogP) is 1.35. The fourth-order valence-corrected chi connectivity index (χ4v) is 2.32. The maximum absolute atomic E-state index is 11.5. The Kier molecular flexibility index (Phi) is 3.25. The minimum Gasteiger partial charge on any atom is -0.359 e. The van der Waals surface area contributed by atoms with Gasteiger partial charge >= 0.3 is 0 Å². The van der Waals surface area contributed by atoms with Gasteiger partial charge in [0, 0.05) is 26.1 Å². The molecule has 0 aliphatic carbocycles. The molecule has 1 aromatic rings. The van der Waals surface area contributed by atoms with Gasteiger partial charge in [-0.05, 0) is 24.6 Å². The summed E-state index contributed by atoms with van der Waals surface area (Å²) in [5.41, 5.74) is 2.69. The van der Waals surface area contributed by atoms with Crippen molar-refractivity contribution in [3.05, 3.63) is 35.4 Å². The van der Waals surface area contributed by atoms with Gasteiger partial charge in [0.1, 0.15) is 0 Å². The Morgan fingerprint density at radius 3 is 3.00 bits per heavy atom. The Hall–Kier alpha value is -1.35. The number of hydrogen-bond donors (Lipinski definition) is 1. The molecule has 1 atom stereocenters. The molecule has 3 heteroatoms. The summed E-state index contributed by atoms with van der Waals surface area (Å²) in [6.07, 6.45) is 1.63. The zero-order valence-electron chi connectivity index (χ0n) is 9.86. The Labute approximate surface area is 96.5 Å². The van der Waals surface area contributed by atoms with Gasteiger partial charge < -0.3 is 5.32 Å². The fourth-order valence-electron chi connectivity index (χ4n) is 2.32. The number of likely N-dealkylation sites (N-methyl/N-ethyl adjacent to an activating group) is 1. The molecule has 0 radical (unpaired) electrons. The van der Waals surface area contributed by atoms with E-state index in [0.717, 1.165) is 13.0 Å². The quantitative estimate of drug-likeness (QED) is 0.812. The van der Waals surface area contributed by atoms with Crippen molar-refractivity contribution >= 4 is 5.91 Å². The van der Waals surface area contributed by atoms with Crippen LogP contribution in [0.2, 0.25) is 0 Å². The van der Waals surface area contributed by atoms with E-state index >= 15 is 0 Å². The maximum Gasteiger partial charge on any atom is 0.221 e. The molecule has 0 spiro atoms. The van der Waals surface area contributed by atoms with Crippen LogP contribution in [0.5, 0.6) is 0 Å². The van der Waals surface area contributed by atoms with Gasteiger partial charge in [-0.1, -0.05) is 24.3 Å². The van der Waals surface area contributed by atoms with E-state index in [1.807, 2.05) is 0 Å². The number of rotatable bonds is 2. The first kappa shape index (κ1) is 11.1. The summed E-state index contributed by atoms with van der Waals surface area (Å²) in [4.78, 5) is 13.8. The zero-order chi connectivity index (χ0) is 11.5. The topological polar surface area (TPSA) is 32.3 Å². The van der Waals surface area contributed by atoms with Crippen LogP contribution in [0.25, 0.3) is 0 Å². The molecule has 0 saturated carbocycles. The number of benzene rings is 1. The molecule has 16 heavy (non-hydrogen) atoms. The lowest BCUT2D eigenvalue weighted by Gasteiger charge is -2.34. The van der Waals surface area contributed by atoms with Crippen molar-refractivity contribution in [3.63, 3.8) is 0 Å².